The molecule has 0 unspecified atom stereocenters. The van der Waals surface area contributed by atoms with E-state index in [9.17, 15) is 5.11 Å². The Labute approximate surface area is 178 Å². The number of aromatic nitrogens is 1. The summed E-state index contributed by atoms with van der Waals surface area (Å²) in [6.07, 6.45) is 5.11. The van der Waals surface area contributed by atoms with E-state index in [1.54, 1.807) is 6.20 Å². The molecule has 0 aliphatic heterocycles. The van der Waals surface area contributed by atoms with Gasteiger partial charge in [0.1, 0.15) is 5.75 Å². The second kappa shape index (κ2) is 12.8. The van der Waals surface area contributed by atoms with E-state index in [0.717, 1.165) is 30.7 Å². The first-order chi connectivity index (χ1) is 12.2. The SMILES string of the molecule is CC1=[C-]C(C)(C)C(C)=C1C.CO.CO.Cc1cnc2ccccc2c1O.[Ti]. The Hall–Kier alpha value is -1.46. The Morgan fingerprint density at radius 2 is 1.44 bits per heavy atom. The summed E-state index contributed by atoms with van der Waals surface area (Å²) in [7, 11) is 2.00. The summed E-state index contributed by atoms with van der Waals surface area (Å²) in [5.74, 6) is 0.334. The minimum atomic E-state index is 0. The van der Waals surface area contributed by atoms with Crippen LogP contribution in [0.1, 0.15) is 40.2 Å². The molecule has 0 bridgehead atoms. The molecule has 148 valence electrons. The van der Waals surface area contributed by atoms with Crippen LogP contribution >= 0.6 is 0 Å². The number of allylic oxidation sites excluding steroid dienone is 4. The van der Waals surface area contributed by atoms with Crippen LogP contribution in [0.25, 0.3) is 10.9 Å². The van der Waals surface area contributed by atoms with Crippen LogP contribution in [0.5, 0.6) is 5.75 Å². The molecular weight excluding hydrogens is 374 g/mol. The number of nitrogens with zero attached hydrogens (tertiary/aromatic N) is 1. The van der Waals surface area contributed by atoms with Crippen molar-refractivity contribution in [2.75, 3.05) is 14.2 Å². The van der Waals surface area contributed by atoms with E-state index in [1.807, 2.05) is 31.2 Å². The van der Waals surface area contributed by atoms with E-state index in [2.05, 4.69) is 45.7 Å². The third-order valence-corrected chi connectivity index (χ3v) is 4.49. The summed E-state index contributed by atoms with van der Waals surface area (Å²) in [6.45, 7) is 12.8. The molecule has 5 heteroatoms. The van der Waals surface area contributed by atoms with E-state index in [4.69, 9.17) is 10.2 Å². The van der Waals surface area contributed by atoms with Crippen molar-refractivity contribution in [3.63, 3.8) is 0 Å². The van der Waals surface area contributed by atoms with Gasteiger partial charge in [0.25, 0.3) is 0 Å². The first-order valence-electron chi connectivity index (χ1n) is 8.47. The zero-order chi connectivity index (χ0) is 20.5. The van der Waals surface area contributed by atoms with Crippen LogP contribution in [0, 0.1) is 18.4 Å². The Kier molecular flexibility index (Phi) is 13.2. The van der Waals surface area contributed by atoms with Crippen molar-refractivity contribution in [3.8, 4) is 5.75 Å². The summed E-state index contributed by atoms with van der Waals surface area (Å²) in [5.41, 5.74) is 6.04. The smallest absolute Gasteiger partial charge is 0.129 e. The van der Waals surface area contributed by atoms with Gasteiger partial charge in [-0.2, -0.15) is 11.1 Å². The van der Waals surface area contributed by atoms with Crippen LogP contribution < -0.4 is 0 Å². The molecule has 3 N–H and O–H groups in total. The molecule has 2 aromatic rings. The third-order valence-electron chi connectivity index (χ3n) is 4.49. The summed E-state index contributed by atoms with van der Waals surface area (Å²) in [5, 5.41) is 24.4. The first kappa shape index (κ1) is 27.8. The largest absolute Gasteiger partial charge is 0.507 e. The van der Waals surface area contributed by atoms with Crippen molar-refractivity contribution in [2.24, 2.45) is 5.41 Å². The molecule has 1 aliphatic rings. The summed E-state index contributed by atoms with van der Waals surface area (Å²) in [4.78, 5) is 4.18. The van der Waals surface area contributed by atoms with Crippen LogP contribution in [-0.2, 0) is 21.7 Å². The van der Waals surface area contributed by atoms with Gasteiger partial charge in [-0.3, -0.25) is 11.1 Å². The summed E-state index contributed by atoms with van der Waals surface area (Å²) >= 11 is 0. The number of benzene rings is 1. The molecule has 1 heterocycles. The Morgan fingerprint density at radius 1 is 0.926 bits per heavy atom. The normalized spacial score (nSPS) is 13.8. The molecule has 4 nitrogen and oxygen atoms in total. The zero-order valence-electron chi connectivity index (χ0n) is 17.7. The van der Waals surface area contributed by atoms with Crippen LogP contribution in [-0.4, -0.2) is 34.5 Å². The molecule has 0 amide bonds. The van der Waals surface area contributed by atoms with E-state index in [1.165, 1.54) is 16.7 Å². The maximum absolute atomic E-state index is 9.62. The number of hydrogen-bond acceptors (Lipinski definition) is 4. The molecule has 0 saturated heterocycles. The number of aryl methyl sites for hydroxylation is 1. The topological polar surface area (TPSA) is 73.6 Å². The van der Waals surface area contributed by atoms with Crippen molar-refractivity contribution in [1.29, 1.82) is 0 Å². The predicted molar refractivity (Wildman–Crippen MR) is 109 cm³/mol. The zero-order valence-corrected chi connectivity index (χ0v) is 19.2. The predicted octanol–water partition coefficient (Wildman–Crippen LogP) is 4.58. The fourth-order valence-electron chi connectivity index (χ4n) is 2.63. The molecule has 0 saturated carbocycles. The van der Waals surface area contributed by atoms with Gasteiger partial charge in [0.05, 0.1) is 5.52 Å². The maximum Gasteiger partial charge on any atom is 0.129 e. The van der Waals surface area contributed by atoms with Crippen molar-refractivity contribution < 1.29 is 37.0 Å². The summed E-state index contributed by atoms with van der Waals surface area (Å²) < 4.78 is 0. The molecule has 1 aromatic heterocycles. The van der Waals surface area contributed by atoms with Gasteiger partial charge < -0.3 is 15.3 Å². The number of fused-ring (bicyclic) bond motifs is 1. The van der Waals surface area contributed by atoms with E-state index >= 15 is 0 Å². The van der Waals surface area contributed by atoms with E-state index in [0.29, 0.717) is 5.75 Å². The summed E-state index contributed by atoms with van der Waals surface area (Å²) in [6, 6.07) is 7.55. The average Bonchev–Trinajstić information content (AvgIpc) is 2.84. The Morgan fingerprint density at radius 3 is 1.85 bits per heavy atom. The molecule has 27 heavy (non-hydrogen) atoms. The van der Waals surface area contributed by atoms with Gasteiger partial charge in [0.2, 0.25) is 0 Å². The molecule has 0 spiro atoms. The van der Waals surface area contributed by atoms with Crippen LogP contribution in [0.15, 0.2) is 47.2 Å². The molecule has 3 rings (SSSR count). The Balaban J connectivity index is 0. The number of para-hydroxylation sites is 1. The van der Waals surface area contributed by atoms with Crippen molar-refractivity contribution in [2.45, 2.75) is 41.5 Å². The van der Waals surface area contributed by atoms with E-state index in [-0.39, 0.29) is 27.1 Å². The van der Waals surface area contributed by atoms with Gasteiger partial charge in [-0.25, -0.2) is 5.57 Å². The molecule has 0 radical (unpaired) electrons. The van der Waals surface area contributed by atoms with Crippen molar-refractivity contribution in [3.05, 3.63) is 58.8 Å². The van der Waals surface area contributed by atoms with E-state index < -0.39 is 0 Å². The molecule has 1 aromatic carbocycles. The van der Waals surface area contributed by atoms with Gasteiger partial charge in [-0.05, 0) is 19.1 Å². The number of rotatable bonds is 0. The number of hydrogen-bond donors (Lipinski definition) is 3. The second-order valence-corrected chi connectivity index (χ2v) is 6.43. The molecule has 0 fully saturated rings. The minimum Gasteiger partial charge on any atom is -0.507 e. The van der Waals surface area contributed by atoms with Crippen LogP contribution in [0.4, 0.5) is 0 Å². The van der Waals surface area contributed by atoms with Gasteiger partial charge in [0, 0.05) is 53.1 Å². The van der Waals surface area contributed by atoms with Crippen molar-refractivity contribution >= 4 is 10.9 Å². The van der Waals surface area contributed by atoms with Gasteiger partial charge in [0.15, 0.2) is 0 Å². The average molecular weight is 406 g/mol. The Bertz CT molecular complexity index is 780. The van der Waals surface area contributed by atoms with Gasteiger partial charge >= 0.3 is 0 Å². The third kappa shape index (κ3) is 7.23. The standard InChI is InChI=1S/C10H9NO.C10H15.2CH4O.Ti/c1-7-6-11-9-5-3-2-4-8(9)10(7)12;1-7-6-10(4,5)9(3)8(7)2;2*1-2;/h2-6H,1H3,(H,11,12);1-5H3;2*2H,1H3;/q;-1;;;. The van der Waals surface area contributed by atoms with Crippen molar-refractivity contribution in [1.82, 2.24) is 4.98 Å². The fraction of sp³-hybridized carbons (Fsp3) is 0.409. The second-order valence-electron chi connectivity index (χ2n) is 6.43. The van der Waals surface area contributed by atoms with Gasteiger partial charge in [-0.1, -0.05) is 45.2 Å². The van der Waals surface area contributed by atoms with Crippen LogP contribution in [0.2, 0.25) is 0 Å². The minimum absolute atomic E-state index is 0. The number of aromatic hydroxyl groups is 1. The maximum atomic E-state index is 9.62. The fourth-order valence-corrected chi connectivity index (χ4v) is 2.63. The van der Waals surface area contributed by atoms with Gasteiger partial charge in [-0.15, -0.1) is 6.92 Å². The van der Waals surface area contributed by atoms with Crippen LogP contribution in [0.3, 0.4) is 0 Å². The number of pyridine rings is 1. The number of aliphatic hydroxyl groups is 2. The number of aliphatic hydroxyl groups excluding tert-OH is 2. The monoisotopic (exact) mass is 406 g/mol. The molecule has 1 aliphatic carbocycles. The first-order valence-corrected chi connectivity index (χ1v) is 8.47. The quantitative estimate of drug-likeness (QED) is 0.443. The molecule has 0 atom stereocenters. The molecular formula is C22H32NO3Ti-.